The van der Waals surface area contributed by atoms with Crippen LogP contribution in [-0.2, 0) is 11.2 Å². The SMILES string of the molecule is CC(CO)=C1CC[C@H]2[C@@H]3CCc4cc(OC5CCCCO5)ccc4[C@H]3CC[C@]12C. The smallest absolute Gasteiger partial charge is 0.199 e. The van der Waals surface area contributed by atoms with Gasteiger partial charge in [0.1, 0.15) is 5.75 Å². The third-order valence-electron chi connectivity index (χ3n) is 8.64. The molecule has 5 rings (SSSR count). The van der Waals surface area contributed by atoms with Crippen LogP contribution in [0.4, 0.5) is 0 Å². The first-order valence-corrected chi connectivity index (χ1v) is 11.8. The summed E-state index contributed by atoms with van der Waals surface area (Å²) in [6, 6.07) is 6.84. The largest absolute Gasteiger partial charge is 0.465 e. The van der Waals surface area contributed by atoms with Gasteiger partial charge < -0.3 is 14.6 Å². The number of aliphatic hydroxyl groups excluding tert-OH is 1. The van der Waals surface area contributed by atoms with E-state index >= 15 is 0 Å². The predicted molar refractivity (Wildman–Crippen MR) is 115 cm³/mol. The van der Waals surface area contributed by atoms with Crippen molar-refractivity contribution in [3.8, 4) is 5.75 Å². The Balaban J connectivity index is 1.36. The van der Waals surface area contributed by atoms with Crippen molar-refractivity contribution in [2.45, 2.75) is 83.8 Å². The van der Waals surface area contributed by atoms with E-state index < -0.39 is 0 Å². The normalized spacial score (nSPS) is 38.0. The third-order valence-corrected chi connectivity index (χ3v) is 8.64. The summed E-state index contributed by atoms with van der Waals surface area (Å²) in [5.74, 6) is 3.25. The van der Waals surface area contributed by atoms with Crippen LogP contribution >= 0.6 is 0 Å². The molecule has 1 heterocycles. The van der Waals surface area contributed by atoms with E-state index in [-0.39, 0.29) is 12.9 Å². The van der Waals surface area contributed by atoms with Gasteiger partial charge in [0, 0.05) is 6.42 Å². The van der Waals surface area contributed by atoms with Crippen molar-refractivity contribution in [1.29, 1.82) is 0 Å². The molecule has 0 bridgehead atoms. The summed E-state index contributed by atoms with van der Waals surface area (Å²) in [6.07, 6.45) is 10.8. The van der Waals surface area contributed by atoms with E-state index in [9.17, 15) is 5.11 Å². The number of hydrogen-bond acceptors (Lipinski definition) is 3. The average molecular weight is 397 g/mol. The summed E-state index contributed by atoms with van der Waals surface area (Å²) in [5, 5.41) is 9.73. The fourth-order valence-electron chi connectivity index (χ4n) is 7.20. The molecule has 29 heavy (non-hydrogen) atoms. The summed E-state index contributed by atoms with van der Waals surface area (Å²) >= 11 is 0. The maximum Gasteiger partial charge on any atom is 0.199 e. The Labute approximate surface area is 175 Å². The second kappa shape index (κ2) is 7.74. The molecule has 3 fully saturated rings. The van der Waals surface area contributed by atoms with Gasteiger partial charge in [-0.15, -0.1) is 0 Å². The van der Waals surface area contributed by atoms with Crippen molar-refractivity contribution in [2.75, 3.05) is 13.2 Å². The topological polar surface area (TPSA) is 38.7 Å². The monoisotopic (exact) mass is 396 g/mol. The molecule has 0 amide bonds. The second-order valence-electron chi connectivity index (χ2n) is 10.1. The molecule has 1 aromatic carbocycles. The van der Waals surface area contributed by atoms with Crippen LogP contribution < -0.4 is 4.74 Å². The Morgan fingerprint density at radius 1 is 1.17 bits per heavy atom. The number of fused-ring (bicyclic) bond motifs is 5. The fourth-order valence-corrected chi connectivity index (χ4v) is 7.20. The predicted octanol–water partition coefficient (Wildman–Crippen LogP) is 5.76. The standard InChI is InChI=1S/C26H36O3/c1-17(16-27)23-10-11-24-22-8-6-18-15-19(29-25-5-3-4-14-28-25)7-9-20(18)21(22)12-13-26(23,24)2/h7,9,15,21-22,24-25,27H,3-6,8,10-14,16H2,1-2H3/t21-,22-,24+,25?,26-/m1/s1. The Hall–Kier alpha value is -1.32. The molecule has 1 aliphatic heterocycles. The highest BCUT2D eigenvalue weighted by atomic mass is 16.7. The number of allylic oxidation sites excluding steroid dienone is 1. The van der Waals surface area contributed by atoms with Crippen LogP contribution in [0.1, 0.15) is 82.3 Å². The highest BCUT2D eigenvalue weighted by Gasteiger charge is 2.52. The highest BCUT2D eigenvalue weighted by Crippen LogP contribution is 2.63. The summed E-state index contributed by atoms with van der Waals surface area (Å²) in [6.45, 7) is 5.68. The Morgan fingerprint density at radius 2 is 2.07 bits per heavy atom. The number of hydrogen-bond donors (Lipinski definition) is 1. The Kier molecular flexibility index (Phi) is 5.24. The van der Waals surface area contributed by atoms with Crippen LogP contribution in [0, 0.1) is 17.3 Å². The van der Waals surface area contributed by atoms with Gasteiger partial charge in [-0.2, -0.15) is 0 Å². The summed E-state index contributed by atoms with van der Waals surface area (Å²) in [4.78, 5) is 0. The molecule has 3 nitrogen and oxygen atoms in total. The number of benzene rings is 1. The van der Waals surface area contributed by atoms with Gasteiger partial charge in [-0.3, -0.25) is 0 Å². The maximum absolute atomic E-state index is 9.73. The second-order valence-corrected chi connectivity index (χ2v) is 10.1. The molecule has 1 saturated heterocycles. The fraction of sp³-hybridized carbons (Fsp3) is 0.692. The van der Waals surface area contributed by atoms with E-state index in [1.54, 1.807) is 11.1 Å². The van der Waals surface area contributed by atoms with E-state index in [0.29, 0.717) is 11.3 Å². The van der Waals surface area contributed by atoms with Crippen LogP contribution in [0.25, 0.3) is 0 Å². The molecule has 158 valence electrons. The van der Waals surface area contributed by atoms with Gasteiger partial charge >= 0.3 is 0 Å². The molecule has 2 saturated carbocycles. The van der Waals surface area contributed by atoms with E-state index in [1.807, 2.05) is 0 Å². The van der Waals surface area contributed by atoms with Gasteiger partial charge in [-0.25, -0.2) is 0 Å². The zero-order valence-electron chi connectivity index (χ0n) is 18.1. The van der Waals surface area contributed by atoms with Gasteiger partial charge in [0.05, 0.1) is 13.2 Å². The molecule has 3 heteroatoms. The Bertz CT molecular complexity index is 791. The maximum atomic E-state index is 9.73. The van der Waals surface area contributed by atoms with E-state index in [1.165, 1.54) is 56.1 Å². The van der Waals surface area contributed by atoms with Gasteiger partial charge in [0.15, 0.2) is 6.29 Å². The average Bonchev–Trinajstić information content (AvgIpc) is 3.11. The molecule has 3 aliphatic carbocycles. The molecule has 1 unspecified atom stereocenters. The first-order chi connectivity index (χ1) is 14.1. The first kappa shape index (κ1) is 19.6. The molecule has 1 N–H and O–H groups in total. The van der Waals surface area contributed by atoms with Crippen LogP contribution in [-0.4, -0.2) is 24.6 Å². The summed E-state index contributed by atoms with van der Waals surface area (Å²) in [5.41, 5.74) is 6.20. The minimum Gasteiger partial charge on any atom is -0.465 e. The number of rotatable bonds is 3. The van der Waals surface area contributed by atoms with Crippen molar-refractivity contribution >= 4 is 0 Å². The number of ether oxygens (including phenoxy) is 2. The van der Waals surface area contributed by atoms with E-state index in [4.69, 9.17) is 9.47 Å². The van der Waals surface area contributed by atoms with Crippen LogP contribution in [0.3, 0.4) is 0 Å². The number of aliphatic hydroxyl groups is 1. The number of aryl methyl sites for hydroxylation is 1. The zero-order valence-corrected chi connectivity index (χ0v) is 18.1. The van der Waals surface area contributed by atoms with Crippen molar-refractivity contribution in [3.05, 3.63) is 40.5 Å². The van der Waals surface area contributed by atoms with Gasteiger partial charge in [-0.05, 0) is 110 Å². The first-order valence-electron chi connectivity index (χ1n) is 11.8. The minimum atomic E-state index is -0.0630. The van der Waals surface area contributed by atoms with Crippen molar-refractivity contribution in [3.63, 3.8) is 0 Å². The highest BCUT2D eigenvalue weighted by molar-refractivity contribution is 5.41. The van der Waals surface area contributed by atoms with Gasteiger partial charge in [-0.1, -0.05) is 18.6 Å². The lowest BCUT2D eigenvalue weighted by atomic mass is 9.55. The lowest BCUT2D eigenvalue weighted by Gasteiger charge is -2.50. The third kappa shape index (κ3) is 3.35. The molecule has 4 aliphatic rings. The molecule has 0 radical (unpaired) electrons. The summed E-state index contributed by atoms with van der Waals surface area (Å²) in [7, 11) is 0. The lowest BCUT2D eigenvalue weighted by Crippen LogP contribution is -2.40. The van der Waals surface area contributed by atoms with Crippen molar-refractivity contribution < 1.29 is 14.6 Å². The quantitative estimate of drug-likeness (QED) is 0.661. The van der Waals surface area contributed by atoms with Crippen LogP contribution in [0.2, 0.25) is 0 Å². The van der Waals surface area contributed by atoms with E-state index in [0.717, 1.165) is 37.0 Å². The zero-order chi connectivity index (χ0) is 20.0. The van der Waals surface area contributed by atoms with E-state index in [2.05, 4.69) is 32.0 Å². The Morgan fingerprint density at radius 3 is 2.86 bits per heavy atom. The lowest BCUT2D eigenvalue weighted by molar-refractivity contribution is -0.105. The van der Waals surface area contributed by atoms with Gasteiger partial charge in [0.2, 0.25) is 0 Å². The minimum absolute atomic E-state index is 0.0630. The molecular weight excluding hydrogens is 360 g/mol. The molecule has 5 atom stereocenters. The van der Waals surface area contributed by atoms with Gasteiger partial charge in [0.25, 0.3) is 0 Å². The molecule has 0 aromatic heterocycles. The van der Waals surface area contributed by atoms with Crippen LogP contribution in [0.5, 0.6) is 5.75 Å². The van der Waals surface area contributed by atoms with Crippen molar-refractivity contribution in [1.82, 2.24) is 0 Å². The van der Waals surface area contributed by atoms with Crippen molar-refractivity contribution in [2.24, 2.45) is 17.3 Å². The molecule has 1 aromatic rings. The molecule has 0 spiro atoms. The molecular formula is C26H36O3. The van der Waals surface area contributed by atoms with Crippen LogP contribution in [0.15, 0.2) is 29.3 Å². The summed E-state index contributed by atoms with van der Waals surface area (Å²) < 4.78 is 11.9.